The highest BCUT2D eigenvalue weighted by molar-refractivity contribution is 6.02. The summed E-state index contributed by atoms with van der Waals surface area (Å²) in [4.78, 5) is 15.3. The van der Waals surface area contributed by atoms with Crippen molar-refractivity contribution in [2.75, 3.05) is 38.2 Å². The van der Waals surface area contributed by atoms with Crippen LogP contribution in [0.3, 0.4) is 0 Å². The second-order valence-corrected chi connectivity index (χ2v) is 10.6. The van der Waals surface area contributed by atoms with Gasteiger partial charge in [0.15, 0.2) is 0 Å². The van der Waals surface area contributed by atoms with Gasteiger partial charge in [0.1, 0.15) is 35.8 Å². The highest BCUT2D eigenvalue weighted by Crippen LogP contribution is 2.41. The molecule has 1 aliphatic heterocycles. The molecule has 1 aromatic heterocycles. The summed E-state index contributed by atoms with van der Waals surface area (Å²) in [6.07, 6.45) is 0. The monoisotopic (exact) mass is 573 g/mol. The fourth-order valence-electron chi connectivity index (χ4n) is 5.99. The highest BCUT2D eigenvalue weighted by atomic mass is 16.5. The van der Waals surface area contributed by atoms with Gasteiger partial charge in [0.2, 0.25) is 5.36 Å². The fraction of sp³-hybridized carbons (Fsp3) is 0.243. The first kappa shape index (κ1) is 28.3. The molecule has 3 aromatic carbocycles. The minimum atomic E-state index is -0.379. The SMILES string of the molecule is CCN(CC)c1ccc2c(-c3ccc(-c4cc5ccc(OC)cc5oc4=O)cc3)c3ccc(=[N+](CC)CC)cc-3oc2c1. The number of hydrogen-bond acceptors (Lipinski definition) is 5. The van der Waals surface area contributed by atoms with Gasteiger partial charge in [0.05, 0.1) is 18.7 Å². The van der Waals surface area contributed by atoms with E-state index < -0.39 is 0 Å². The first-order valence-electron chi connectivity index (χ1n) is 15.0. The largest absolute Gasteiger partial charge is 0.497 e. The molecule has 0 saturated heterocycles. The molecule has 2 heterocycles. The van der Waals surface area contributed by atoms with Gasteiger partial charge in [-0.05, 0) is 75.2 Å². The number of methoxy groups -OCH3 is 1. The van der Waals surface area contributed by atoms with E-state index in [1.807, 2.05) is 30.3 Å². The smallest absolute Gasteiger partial charge is 0.344 e. The number of rotatable bonds is 8. The van der Waals surface area contributed by atoms with Gasteiger partial charge in [-0.2, -0.15) is 0 Å². The van der Waals surface area contributed by atoms with Gasteiger partial charge in [-0.25, -0.2) is 9.37 Å². The summed E-state index contributed by atoms with van der Waals surface area (Å²) in [5.74, 6) is 1.49. The predicted molar refractivity (Wildman–Crippen MR) is 176 cm³/mol. The standard InChI is InChI=1S/C37H37N2O4/c1-6-38(7-2)27-15-18-30-34(21-27)42-35-22-28(39(8-3)9-4)16-19-31(35)36(30)25-12-10-24(11-13-25)32-20-26-14-17-29(41-5)23-33(26)43-37(32)40/h10-23H,6-9H2,1-5H3/q+1. The third-order valence-electron chi connectivity index (χ3n) is 8.37. The van der Waals surface area contributed by atoms with E-state index in [1.54, 1.807) is 13.2 Å². The van der Waals surface area contributed by atoms with Crippen molar-refractivity contribution >= 4 is 27.6 Å². The van der Waals surface area contributed by atoms with Crippen molar-refractivity contribution < 1.29 is 13.6 Å². The van der Waals surface area contributed by atoms with Crippen LogP contribution in [0.15, 0.2) is 98.6 Å². The maximum Gasteiger partial charge on any atom is 0.344 e. The van der Waals surface area contributed by atoms with Gasteiger partial charge < -0.3 is 18.5 Å². The number of anilines is 1. The molecule has 0 amide bonds. The van der Waals surface area contributed by atoms with Crippen LogP contribution >= 0.6 is 0 Å². The van der Waals surface area contributed by atoms with Crippen LogP contribution in [-0.2, 0) is 0 Å². The van der Waals surface area contributed by atoms with E-state index in [-0.39, 0.29) is 5.63 Å². The molecular weight excluding hydrogens is 536 g/mol. The normalized spacial score (nSPS) is 11.4. The summed E-state index contributed by atoms with van der Waals surface area (Å²) in [7, 11) is 1.59. The van der Waals surface area contributed by atoms with Crippen LogP contribution in [0.25, 0.3) is 55.5 Å². The van der Waals surface area contributed by atoms with Gasteiger partial charge in [-0.1, -0.05) is 24.3 Å². The summed E-state index contributed by atoms with van der Waals surface area (Å²) < 4.78 is 19.9. The molecule has 0 fully saturated rings. The Morgan fingerprint density at radius 2 is 1.47 bits per heavy atom. The Hall–Kier alpha value is -4.84. The molecular formula is C37H37N2O4+. The van der Waals surface area contributed by atoms with Gasteiger partial charge in [-0.3, -0.25) is 0 Å². The number of hydrogen-bond donors (Lipinski definition) is 0. The Labute approximate surface area is 251 Å². The van der Waals surface area contributed by atoms with Crippen LogP contribution in [0.2, 0.25) is 0 Å². The van der Waals surface area contributed by atoms with Crippen LogP contribution in [0.5, 0.6) is 5.75 Å². The highest BCUT2D eigenvalue weighted by Gasteiger charge is 2.20. The molecule has 1 aliphatic carbocycles. The van der Waals surface area contributed by atoms with Crippen LogP contribution in [0.1, 0.15) is 27.7 Å². The Balaban J connectivity index is 1.53. The van der Waals surface area contributed by atoms with Crippen molar-refractivity contribution in [1.29, 1.82) is 0 Å². The van der Waals surface area contributed by atoms with Gasteiger partial charge in [0.25, 0.3) is 0 Å². The number of fused-ring (bicyclic) bond motifs is 3. The molecule has 6 heteroatoms. The maximum absolute atomic E-state index is 13.0. The molecule has 0 radical (unpaired) electrons. The summed E-state index contributed by atoms with van der Waals surface area (Å²) in [5, 5.41) is 3.03. The molecule has 0 N–H and O–H groups in total. The summed E-state index contributed by atoms with van der Waals surface area (Å²) in [6, 6.07) is 28.5. The van der Waals surface area contributed by atoms with E-state index in [2.05, 4.69) is 85.7 Å². The zero-order valence-corrected chi connectivity index (χ0v) is 25.4. The molecule has 0 bridgehead atoms. The predicted octanol–water partition coefficient (Wildman–Crippen LogP) is 7.64. The van der Waals surface area contributed by atoms with E-state index in [1.165, 1.54) is 0 Å². The van der Waals surface area contributed by atoms with Crippen molar-refractivity contribution in [1.82, 2.24) is 4.58 Å². The lowest BCUT2D eigenvalue weighted by Gasteiger charge is -2.22. The topological polar surface area (TPSA) is 58.8 Å². The summed E-state index contributed by atoms with van der Waals surface area (Å²) in [6.45, 7) is 12.4. The van der Waals surface area contributed by atoms with Gasteiger partial charge in [0, 0.05) is 58.9 Å². The van der Waals surface area contributed by atoms with Crippen molar-refractivity contribution in [3.8, 4) is 39.3 Å². The van der Waals surface area contributed by atoms with Gasteiger partial charge >= 0.3 is 5.63 Å². The third kappa shape index (κ3) is 5.18. The first-order valence-corrected chi connectivity index (χ1v) is 15.0. The lowest BCUT2D eigenvalue weighted by Crippen LogP contribution is -2.29. The van der Waals surface area contributed by atoms with Crippen molar-refractivity contribution in [3.05, 3.63) is 101 Å². The van der Waals surface area contributed by atoms with Crippen molar-refractivity contribution in [2.45, 2.75) is 27.7 Å². The lowest BCUT2D eigenvalue weighted by molar-refractivity contribution is 0.414. The van der Waals surface area contributed by atoms with Crippen molar-refractivity contribution in [2.24, 2.45) is 0 Å². The molecule has 0 atom stereocenters. The van der Waals surface area contributed by atoms with E-state index in [4.69, 9.17) is 13.6 Å². The second kappa shape index (κ2) is 11.8. The quantitative estimate of drug-likeness (QED) is 0.106. The molecule has 218 valence electrons. The molecule has 0 unspecified atom stereocenters. The average molecular weight is 574 g/mol. The number of ether oxygens (including phenoxy) is 1. The molecule has 0 spiro atoms. The third-order valence-corrected chi connectivity index (χ3v) is 8.37. The minimum absolute atomic E-state index is 0.379. The van der Waals surface area contributed by atoms with Crippen LogP contribution in [0.4, 0.5) is 5.69 Å². The molecule has 43 heavy (non-hydrogen) atoms. The Bertz CT molecular complexity index is 2030. The fourth-order valence-corrected chi connectivity index (χ4v) is 5.99. The zero-order valence-electron chi connectivity index (χ0n) is 25.4. The lowest BCUT2D eigenvalue weighted by atomic mass is 9.92. The summed E-state index contributed by atoms with van der Waals surface area (Å²) in [5.41, 5.74) is 6.64. The average Bonchev–Trinajstić information content (AvgIpc) is 3.04. The van der Waals surface area contributed by atoms with E-state index in [0.717, 1.165) is 81.6 Å². The first-order chi connectivity index (χ1) is 21.0. The number of benzene rings is 4. The molecule has 4 aromatic rings. The molecule has 6 rings (SSSR count). The molecule has 6 nitrogen and oxygen atoms in total. The van der Waals surface area contributed by atoms with Crippen LogP contribution in [-0.4, -0.2) is 33.3 Å². The molecule has 0 saturated carbocycles. The summed E-state index contributed by atoms with van der Waals surface area (Å²) >= 11 is 0. The second-order valence-electron chi connectivity index (χ2n) is 10.6. The van der Waals surface area contributed by atoms with E-state index in [9.17, 15) is 4.79 Å². The maximum atomic E-state index is 13.0. The van der Waals surface area contributed by atoms with E-state index >= 15 is 0 Å². The Kier molecular flexibility index (Phi) is 7.76. The minimum Gasteiger partial charge on any atom is -0.497 e. The Morgan fingerprint density at radius 3 is 2.16 bits per heavy atom. The zero-order chi connectivity index (χ0) is 30.1. The molecule has 2 aliphatic rings. The van der Waals surface area contributed by atoms with Gasteiger partial charge in [-0.15, -0.1) is 0 Å². The van der Waals surface area contributed by atoms with Crippen LogP contribution < -0.4 is 25.2 Å². The number of nitrogens with zero attached hydrogens (tertiary/aromatic N) is 2. The Morgan fingerprint density at radius 1 is 0.721 bits per heavy atom. The van der Waals surface area contributed by atoms with E-state index in [0.29, 0.717) is 16.9 Å². The van der Waals surface area contributed by atoms with Crippen molar-refractivity contribution in [3.63, 3.8) is 0 Å². The van der Waals surface area contributed by atoms with Crippen LogP contribution in [0, 0.1) is 0 Å².